The van der Waals surface area contributed by atoms with E-state index in [-0.39, 0.29) is 5.91 Å². The fourth-order valence-corrected chi connectivity index (χ4v) is 2.22. The van der Waals surface area contributed by atoms with E-state index in [0.717, 1.165) is 6.42 Å². The molecule has 1 amide bonds. The van der Waals surface area contributed by atoms with E-state index in [1.54, 1.807) is 17.4 Å². The molecule has 1 rings (SSSR count). The van der Waals surface area contributed by atoms with E-state index in [1.165, 1.54) is 51.4 Å². The minimum absolute atomic E-state index is 0.156. The first-order valence-corrected chi connectivity index (χ1v) is 7.76. The minimum Gasteiger partial charge on any atom is -0.299 e. The highest BCUT2D eigenvalue weighted by atomic mass is 16.2. The highest BCUT2D eigenvalue weighted by Gasteiger charge is 2.09. The second-order valence-electron chi connectivity index (χ2n) is 5.17. The lowest BCUT2D eigenvalue weighted by Gasteiger charge is -2.19. The lowest BCUT2D eigenvalue weighted by Crippen LogP contribution is -2.36. The quantitative estimate of drug-likeness (QED) is 0.597. The maximum atomic E-state index is 11.8. The predicted molar refractivity (Wildman–Crippen MR) is 80.1 cm³/mol. The molecule has 0 radical (unpaired) electrons. The van der Waals surface area contributed by atoms with Gasteiger partial charge in [-0.25, -0.2) is 5.01 Å². The average Bonchev–Trinajstić information content (AvgIpc) is 2.46. The lowest BCUT2D eigenvalue weighted by molar-refractivity contribution is -0.130. The highest BCUT2D eigenvalue weighted by Crippen LogP contribution is 2.11. The Labute approximate surface area is 117 Å². The van der Waals surface area contributed by atoms with Crippen molar-refractivity contribution in [3.8, 4) is 0 Å². The Bertz CT molecular complexity index is 297. The molecule has 0 atom stereocenters. The van der Waals surface area contributed by atoms with Gasteiger partial charge in [-0.15, -0.1) is 0 Å². The maximum absolute atomic E-state index is 11.8. The van der Waals surface area contributed by atoms with E-state index in [0.29, 0.717) is 6.42 Å². The molecule has 0 spiro atoms. The van der Waals surface area contributed by atoms with Gasteiger partial charge in [0.05, 0.1) is 0 Å². The SMILES string of the molecule is CCCCCCCCCCCC(=O)N1C=CC=CN1. The molecule has 0 aromatic rings. The van der Waals surface area contributed by atoms with Crippen molar-refractivity contribution in [2.24, 2.45) is 0 Å². The standard InChI is InChI=1S/C16H28N2O/c1-2-3-4-5-6-7-8-9-10-13-16(19)18-15-12-11-14-17-18/h11-12,14-15,17H,2-10,13H2,1H3. The number of hydrogen-bond donors (Lipinski definition) is 1. The van der Waals surface area contributed by atoms with Crippen LogP contribution in [0, 0.1) is 0 Å². The summed E-state index contributed by atoms with van der Waals surface area (Å²) in [6, 6.07) is 0. The molecule has 0 bridgehead atoms. The molecule has 0 aromatic carbocycles. The van der Waals surface area contributed by atoms with Gasteiger partial charge in [0.2, 0.25) is 5.91 Å². The molecular formula is C16H28N2O. The normalized spacial score (nSPS) is 13.6. The number of amides is 1. The summed E-state index contributed by atoms with van der Waals surface area (Å²) in [4.78, 5) is 11.8. The summed E-state index contributed by atoms with van der Waals surface area (Å²) in [6.45, 7) is 2.25. The number of nitrogens with one attached hydrogen (secondary N) is 1. The zero-order valence-electron chi connectivity index (χ0n) is 12.2. The molecule has 0 aliphatic carbocycles. The van der Waals surface area contributed by atoms with E-state index >= 15 is 0 Å². The summed E-state index contributed by atoms with van der Waals surface area (Å²) in [5.74, 6) is 0.156. The summed E-state index contributed by atoms with van der Waals surface area (Å²) in [7, 11) is 0. The summed E-state index contributed by atoms with van der Waals surface area (Å²) in [5, 5.41) is 1.56. The Morgan fingerprint density at radius 1 is 0.947 bits per heavy atom. The summed E-state index contributed by atoms with van der Waals surface area (Å²) < 4.78 is 0. The van der Waals surface area contributed by atoms with Gasteiger partial charge < -0.3 is 0 Å². The monoisotopic (exact) mass is 264 g/mol. The van der Waals surface area contributed by atoms with Crippen molar-refractivity contribution in [1.82, 2.24) is 10.4 Å². The second-order valence-corrected chi connectivity index (χ2v) is 5.17. The summed E-state index contributed by atoms with van der Waals surface area (Å²) in [6.07, 6.45) is 19.5. The van der Waals surface area contributed by atoms with Crippen LogP contribution in [0.1, 0.15) is 71.1 Å². The van der Waals surface area contributed by atoms with Gasteiger partial charge in [-0.2, -0.15) is 0 Å². The molecule has 1 aliphatic heterocycles. The number of allylic oxidation sites excluding steroid dienone is 2. The van der Waals surface area contributed by atoms with Crippen molar-refractivity contribution in [1.29, 1.82) is 0 Å². The van der Waals surface area contributed by atoms with E-state index in [4.69, 9.17) is 0 Å². The van der Waals surface area contributed by atoms with Crippen LogP contribution in [0.4, 0.5) is 0 Å². The molecule has 1 N–H and O–H groups in total. The molecule has 0 fully saturated rings. The Morgan fingerprint density at radius 3 is 2.16 bits per heavy atom. The molecule has 1 heterocycles. The lowest BCUT2D eigenvalue weighted by atomic mass is 10.1. The molecule has 0 unspecified atom stereocenters. The Morgan fingerprint density at radius 2 is 1.58 bits per heavy atom. The molecule has 0 saturated heterocycles. The van der Waals surface area contributed by atoms with Crippen LogP contribution in [0.15, 0.2) is 24.6 Å². The van der Waals surface area contributed by atoms with Crippen LogP contribution in [0.3, 0.4) is 0 Å². The third-order valence-electron chi connectivity index (χ3n) is 3.42. The molecule has 108 valence electrons. The van der Waals surface area contributed by atoms with Crippen LogP contribution < -0.4 is 5.43 Å². The first-order chi connectivity index (χ1) is 9.34. The van der Waals surface area contributed by atoms with Crippen LogP contribution in [0.2, 0.25) is 0 Å². The summed E-state index contributed by atoms with van der Waals surface area (Å²) >= 11 is 0. The van der Waals surface area contributed by atoms with E-state index < -0.39 is 0 Å². The van der Waals surface area contributed by atoms with E-state index in [1.807, 2.05) is 12.2 Å². The van der Waals surface area contributed by atoms with Gasteiger partial charge in [0, 0.05) is 18.8 Å². The van der Waals surface area contributed by atoms with Gasteiger partial charge in [-0.05, 0) is 18.6 Å². The van der Waals surface area contributed by atoms with Crippen LogP contribution in [0.5, 0.6) is 0 Å². The van der Waals surface area contributed by atoms with Gasteiger partial charge in [0.25, 0.3) is 0 Å². The second kappa shape index (κ2) is 10.7. The maximum Gasteiger partial charge on any atom is 0.245 e. The van der Waals surface area contributed by atoms with Crippen molar-refractivity contribution in [2.75, 3.05) is 0 Å². The number of rotatable bonds is 10. The molecular weight excluding hydrogens is 236 g/mol. The van der Waals surface area contributed by atoms with Gasteiger partial charge >= 0.3 is 0 Å². The Balaban J connectivity index is 1.89. The van der Waals surface area contributed by atoms with Gasteiger partial charge in [-0.1, -0.05) is 58.3 Å². The zero-order valence-corrected chi connectivity index (χ0v) is 12.2. The third-order valence-corrected chi connectivity index (χ3v) is 3.42. The predicted octanol–water partition coefficient (Wildman–Crippen LogP) is 4.28. The van der Waals surface area contributed by atoms with Crippen molar-refractivity contribution in [2.45, 2.75) is 71.1 Å². The third kappa shape index (κ3) is 7.70. The van der Waals surface area contributed by atoms with Gasteiger partial charge in [0.1, 0.15) is 0 Å². The Hall–Kier alpha value is -1.25. The molecule has 0 saturated carbocycles. The molecule has 3 nitrogen and oxygen atoms in total. The summed E-state index contributed by atoms with van der Waals surface area (Å²) in [5.41, 5.74) is 2.92. The molecule has 1 aliphatic rings. The largest absolute Gasteiger partial charge is 0.299 e. The van der Waals surface area contributed by atoms with Crippen LogP contribution in [0.25, 0.3) is 0 Å². The van der Waals surface area contributed by atoms with Crippen LogP contribution in [-0.2, 0) is 4.79 Å². The fraction of sp³-hybridized carbons (Fsp3) is 0.688. The van der Waals surface area contributed by atoms with E-state index in [2.05, 4.69) is 12.3 Å². The Kier molecular flexibility index (Phi) is 8.86. The number of nitrogens with zero attached hydrogens (tertiary/aromatic N) is 1. The minimum atomic E-state index is 0.156. The van der Waals surface area contributed by atoms with Crippen molar-refractivity contribution >= 4 is 5.91 Å². The fourth-order valence-electron chi connectivity index (χ4n) is 2.22. The zero-order chi connectivity index (χ0) is 13.8. The number of hydrazine groups is 1. The molecule has 3 heteroatoms. The van der Waals surface area contributed by atoms with Crippen LogP contribution in [-0.4, -0.2) is 10.9 Å². The number of unbranched alkanes of at least 4 members (excludes halogenated alkanes) is 8. The number of carbonyl (C=O) groups is 1. The molecule has 0 aromatic heterocycles. The number of carbonyl (C=O) groups excluding carboxylic acids is 1. The highest BCUT2D eigenvalue weighted by molar-refractivity contribution is 5.76. The molecule has 19 heavy (non-hydrogen) atoms. The average molecular weight is 264 g/mol. The topological polar surface area (TPSA) is 32.3 Å². The smallest absolute Gasteiger partial charge is 0.245 e. The van der Waals surface area contributed by atoms with Gasteiger partial charge in [0.15, 0.2) is 0 Å². The van der Waals surface area contributed by atoms with Crippen molar-refractivity contribution in [3.63, 3.8) is 0 Å². The first-order valence-electron chi connectivity index (χ1n) is 7.76. The van der Waals surface area contributed by atoms with Gasteiger partial charge in [-0.3, -0.25) is 10.2 Å². The first kappa shape index (κ1) is 15.8. The number of hydrogen-bond acceptors (Lipinski definition) is 2. The van der Waals surface area contributed by atoms with Crippen LogP contribution >= 0.6 is 0 Å². The van der Waals surface area contributed by atoms with E-state index in [9.17, 15) is 4.79 Å². The van der Waals surface area contributed by atoms with Crippen molar-refractivity contribution in [3.05, 3.63) is 24.6 Å². The van der Waals surface area contributed by atoms with Crippen molar-refractivity contribution < 1.29 is 4.79 Å².